The molecule has 0 fully saturated rings. The minimum atomic E-state index is -0.485. The van der Waals surface area contributed by atoms with Crippen LogP contribution in [0.15, 0.2) is 54.6 Å². The molecular formula is C26H23Cl4NO3. The number of benzene rings is 3. The molecule has 0 N–H and O–H groups in total. The Balaban J connectivity index is 1.45. The van der Waals surface area contributed by atoms with E-state index in [1.807, 2.05) is 73.3 Å². The molecule has 0 radical (unpaired) electrons. The van der Waals surface area contributed by atoms with Gasteiger partial charge in [0.2, 0.25) is 0 Å². The van der Waals surface area contributed by atoms with Gasteiger partial charge in [-0.2, -0.15) is 0 Å². The van der Waals surface area contributed by atoms with Crippen LogP contribution in [-0.4, -0.2) is 16.9 Å². The first-order chi connectivity index (χ1) is 16.3. The highest BCUT2D eigenvalue weighted by atomic mass is 35.5. The Morgan fingerprint density at radius 1 is 0.853 bits per heavy atom. The van der Waals surface area contributed by atoms with Crippen LogP contribution in [0.4, 0.5) is 0 Å². The molecular weight excluding hydrogens is 516 g/mol. The monoisotopic (exact) mass is 537 g/mol. The third-order valence-corrected chi connectivity index (χ3v) is 7.60. The summed E-state index contributed by atoms with van der Waals surface area (Å²) in [6.07, 6.45) is 0. The number of hydrogen-bond acceptors (Lipinski definition) is 4. The molecule has 4 rings (SSSR count). The predicted molar refractivity (Wildman–Crippen MR) is 137 cm³/mol. The van der Waals surface area contributed by atoms with E-state index in [0.29, 0.717) is 28.9 Å². The molecule has 0 aromatic heterocycles. The minimum Gasteiger partial charge on any atom is -0.460 e. The molecule has 178 valence electrons. The van der Waals surface area contributed by atoms with Gasteiger partial charge >= 0.3 is 5.97 Å². The fourth-order valence-corrected chi connectivity index (χ4v) is 5.17. The summed E-state index contributed by atoms with van der Waals surface area (Å²) in [5, 5.41) is 1.21. The zero-order valence-corrected chi connectivity index (χ0v) is 21.7. The number of para-hydroxylation sites is 1. The number of halogens is 4. The number of nitrogens with zero attached hydrogens (tertiary/aromatic N) is 1. The van der Waals surface area contributed by atoms with E-state index in [2.05, 4.69) is 0 Å². The first-order valence-electron chi connectivity index (χ1n) is 10.8. The van der Waals surface area contributed by atoms with Crippen LogP contribution in [0.5, 0.6) is 11.5 Å². The molecule has 0 bridgehead atoms. The Morgan fingerprint density at radius 3 is 2.03 bits per heavy atom. The molecule has 8 heteroatoms. The fraction of sp³-hybridized carbons (Fsp3) is 0.269. The average molecular weight is 539 g/mol. The van der Waals surface area contributed by atoms with Crippen LogP contribution in [-0.2, 0) is 29.2 Å². The molecule has 0 saturated carbocycles. The van der Waals surface area contributed by atoms with Gasteiger partial charge in [0.25, 0.3) is 0 Å². The number of fused-ring (bicyclic) bond motifs is 1. The molecule has 1 unspecified atom stereocenters. The first kappa shape index (κ1) is 25.2. The second-order valence-electron chi connectivity index (χ2n) is 8.48. The summed E-state index contributed by atoms with van der Waals surface area (Å²) in [7, 11) is 0. The Morgan fingerprint density at radius 2 is 1.44 bits per heavy atom. The summed E-state index contributed by atoms with van der Waals surface area (Å²) >= 11 is 25.3. The summed E-state index contributed by atoms with van der Waals surface area (Å²) < 4.78 is 11.6. The Bertz CT molecular complexity index is 1160. The van der Waals surface area contributed by atoms with Crippen LogP contribution in [0.25, 0.3) is 0 Å². The standard InChI is InChI=1S/C26H23Cl4NO3/c1-15(2)25(31-12-19-20(13-31)22(28)24(30)23(29)21(19)27)26(32)33-14-16-7-6-10-18(11-16)34-17-8-4-3-5-9-17/h3-11,15,25H,12-14H2,1-2H3. The highest BCUT2D eigenvalue weighted by Crippen LogP contribution is 2.45. The van der Waals surface area contributed by atoms with Gasteiger partial charge in [0.15, 0.2) is 0 Å². The lowest BCUT2D eigenvalue weighted by Crippen LogP contribution is -2.42. The molecule has 3 aromatic rings. The van der Waals surface area contributed by atoms with E-state index in [0.717, 1.165) is 22.4 Å². The van der Waals surface area contributed by atoms with E-state index in [9.17, 15) is 4.79 Å². The number of carbonyl (C=O) groups excluding carboxylic acids is 1. The molecule has 1 heterocycles. The number of hydrogen-bond donors (Lipinski definition) is 0. The summed E-state index contributed by atoms with van der Waals surface area (Å²) in [5.74, 6) is 1.09. The maximum absolute atomic E-state index is 13.2. The first-order valence-corrected chi connectivity index (χ1v) is 12.3. The van der Waals surface area contributed by atoms with E-state index in [-0.39, 0.29) is 28.5 Å². The summed E-state index contributed by atoms with van der Waals surface area (Å²) in [6, 6.07) is 16.5. The third kappa shape index (κ3) is 5.32. The fourth-order valence-electron chi connectivity index (χ4n) is 4.12. The van der Waals surface area contributed by atoms with E-state index in [1.54, 1.807) is 0 Å². The summed E-state index contributed by atoms with van der Waals surface area (Å²) in [4.78, 5) is 15.2. The molecule has 1 aliphatic heterocycles. The SMILES string of the molecule is CC(C)C(C(=O)OCc1cccc(Oc2ccccc2)c1)N1Cc2c(Cl)c(Cl)c(Cl)c(Cl)c2C1. The van der Waals surface area contributed by atoms with Crippen molar-refractivity contribution < 1.29 is 14.3 Å². The topological polar surface area (TPSA) is 38.8 Å². The Labute approximate surface area is 219 Å². The van der Waals surface area contributed by atoms with Crippen molar-refractivity contribution in [2.75, 3.05) is 0 Å². The van der Waals surface area contributed by atoms with Gasteiger partial charge in [0.1, 0.15) is 24.1 Å². The van der Waals surface area contributed by atoms with Crippen molar-refractivity contribution >= 4 is 52.4 Å². The summed E-state index contributed by atoms with van der Waals surface area (Å²) in [6.45, 7) is 4.96. The lowest BCUT2D eigenvalue weighted by Gasteiger charge is -2.28. The lowest BCUT2D eigenvalue weighted by atomic mass is 10.0. The van der Waals surface area contributed by atoms with Crippen LogP contribution in [0.1, 0.15) is 30.5 Å². The van der Waals surface area contributed by atoms with Crippen molar-refractivity contribution in [3.05, 3.63) is 91.4 Å². The molecule has 0 aliphatic carbocycles. The van der Waals surface area contributed by atoms with Gasteiger partial charge in [-0.1, -0.05) is 90.6 Å². The van der Waals surface area contributed by atoms with Crippen LogP contribution in [0, 0.1) is 5.92 Å². The molecule has 3 aromatic carbocycles. The predicted octanol–water partition coefficient (Wildman–Crippen LogP) is 8.18. The lowest BCUT2D eigenvalue weighted by molar-refractivity contribution is -0.153. The van der Waals surface area contributed by atoms with Gasteiger partial charge in [0, 0.05) is 13.1 Å². The van der Waals surface area contributed by atoms with Gasteiger partial charge < -0.3 is 9.47 Å². The molecule has 1 atom stereocenters. The minimum absolute atomic E-state index is 0.00180. The molecule has 0 saturated heterocycles. The van der Waals surface area contributed by atoms with Crippen LogP contribution < -0.4 is 4.74 Å². The summed E-state index contributed by atoms with van der Waals surface area (Å²) in [5.41, 5.74) is 2.43. The van der Waals surface area contributed by atoms with Crippen molar-refractivity contribution in [2.45, 2.75) is 39.6 Å². The van der Waals surface area contributed by atoms with Crippen molar-refractivity contribution in [2.24, 2.45) is 5.92 Å². The normalized spacial score (nSPS) is 14.2. The molecule has 4 nitrogen and oxygen atoms in total. The number of esters is 1. The molecule has 0 amide bonds. The van der Waals surface area contributed by atoms with Crippen LogP contribution >= 0.6 is 46.4 Å². The molecule has 34 heavy (non-hydrogen) atoms. The van der Waals surface area contributed by atoms with Gasteiger partial charge in [0.05, 0.1) is 20.1 Å². The second-order valence-corrected chi connectivity index (χ2v) is 9.99. The number of carbonyl (C=O) groups is 1. The second kappa shape index (κ2) is 10.8. The Hall–Kier alpha value is -1.95. The van der Waals surface area contributed by atoms with Gasteiger partial charge in [-0.15, -0.1) is 0 Å². The van der Waals surface area contributed by atoms with E-state index in [4.69, 9.17) is 55.9 Å². The zero-order chi connectivity index (χ0) is 24.4. The third-order valence-electron chi connectivity index (χ3n) is 5.72. The largest absolute Gasteiger partial charge is 0.460 e. The number of ether oxygens (including phenoxy) is 2. The van der Waals surface area contributed by atoms with E-state index in [1.165, 1.54) is 0 Å². The van der Waals surface area contributed by atoms with Crippen molar-refractivity contribution in [1.82, 2.24) is 4.90 Å². The van der Waals surface area contributed by atoms with Crippen molar-refractivity contribution in [1.29, 1.82) is 0 Å². The van der Waals surface area contributed by atoms with Crippen LogP contribution in [0.3, 0.4) is 0 Å². The van der Waals surface area contributed by atoms with E-state index < -0.39 is 6.04 Å². The van der Waals surface area contributed by atoms with Crippen molar-refractivity contribution in [3.63, 3.8) is 0 Å². The maximum Gasteiger partial charge on any atom is 0.323 e. The Kier molecular flexibility index (Phi) is 7.96. The highest BCUT2D eigenvalue weighted by molar-refractivity contribution is 6.52. The maximum atomic E-state index is 13.2. The van der Waals surface area contributed by atoms with E-state index >= 15 is 0 Å². The van der Waals surface area contributed by atoms with Crippen molar-refractivity contribution in [3.8, 4) is 11.5 Å². The molecule has 1 aliphatic rings. The molecule has 0 spiro atoms. The zero-order valence-electron chi connectivity index (χ0n) is 18.7. The highest BCUT2D eigenvalue weighted by Gasteiger charge is 2.37. The average Bonchev–Trinajstić information content (AvgIpc) is 3.26. The quantitative estimate of drug-likeness (QED) is 0.173. The van der Waals surface area contributed by atoms with Gasteiger partial charge in [-0.3, -0.25) is 9.69 Å². The number of rotatable bonds is 7. The smallest absolute Gasteiger partial charge is 0.323 e. The van der Waals surface area contributed by atoms with Gasteiger partial charge in [-0.05, 0) is 46.9 Å². The van der Waals surface area contributed by atoms with Gasteiger partial charge in [-0.25, -0.2) is 0 Å². The van der Waals surface area contributed by atoms with Crippen LogP contribution in [0.2, 0.25) is 20.1 Å².